The number of hydrogen-bond acceptors (Lipinski definition) is 6. The first-order valence-electron chi connectivity index (χ1n) is 10.0. The van der Waals surface area contributed by atoms with Gasteiger partial charge < -0.3 is 18.8 Å². The van der Waals surface area contributed by atoms with Crippen LogP contribution in [0.3, 0.4) is 0 Å². The summed E-state index contributed by atoms with van der Waals surface area (Å²) in [6, 6.07) is 16.0. The number of ether oxygens (including phenoxy) is 2. The Morgan fingerprint density at radius 3 is 2.27 bits per heavy atom. The molecule has 2 aromatic heterocycles. The Kier molecular flexibility index (Phi) is 5.57. The summed E-state index contributed by atoms with van der Waals surface area (Å²) in [6.45, 7) is 5.92. The molecular formula is C24H25N3O3. The second-order valence-corrected chi connectivity index (χ2v) is 6.79. The number of rotatable bonds is 7. The molecule has 0 radical (unpaired) electrons. The number of anilines is 1. The molecular weight excluding hydrogens is 378 g/mol. The number of nitrogens with zero attached hydrogens (tertiary/aromatic N) is 3. The highest BCUT2D eigenvalue weighted by molar-refractivity contribution is 6.06. The Bertz CT molecular complexity index is 1150. The number of fused-ring (bicyclic) bond motifs is 1. The largest absolute Gasteiger partial charge is 0.493 e. The summed E-state index contributed by atoms with van der Waals surface area (Å²) in [5.41, 5.74) is 3.47. The lowest BCUT2D eigenvalue weighted by Gasteiger charge is -2.20. The van der Waals surface area contributed by atoms with Gasteiger partial charge in [0, 0.05) is 24.2 Å². The molecule has 6 heteroatoms. The number of furan rings is 1. The zero-order valence-electron chi connectivity index (χ0n) is 17.7. The molecule has 2 aromatic carbocycles. The molecule has 4 aromatic rings. The van der Waals surface area contributed by atoms with Gasteiger partial charge >= 0.3 is 0 Å². The Balaban J connectivity index is 2.05. The fourth-order valence-electron chi connectivity index (χ4n) is 3.74. The Morgan fingerprint density at radius 1 is 0.867 bits per heavy atom. The Hall–Kier alpha value is -3.54. The van der Waals surface area contributed by atoms with Gasteiger partial charge in [0.1, 0.15) is 17.9 Å². The summed E-state index contributed by atoms with van der Waals surface area (Å²) >= 11 is 0. The molecule has 6 nitrogen and oxygen atoms in total. The van der Waals surface area contributed by atoms with Crippen LogP contribution in [-0.2, 0) is 0 Å². The molecule has 0 saturated carbocycles. The van der Waals surface area contributed by atoms with Crippen molar-refractivity contribution >= 4 is 16.9 Å². The third kappa shape index (κ3) is 3.34. The van der Waals surface area contributed by atoms with Crippen LogP contribution >= 0.6 is 0 Å². The quantitative estimate of drug-likeness (QED) is 0.411. The molecule has 0 saturated heterocycles. The van der Waals surface area contributed by atoms with Crippen molar-refractivity contribution in [2.45, 2.75) is 13.8 Å². The summed E-state index contributed by atoms with van der Waals surface area (Å²) in [4.78, 5) is 11.3. The van der Waals surface area contributed by atoms with E-state index in [4.69, 9.17) is 13.9 Å². The van der Waals surface area contributed by atoms with Gasteiger partial charge in [0.05, 0.1) is 19.6 Å². The minimum Gasteiger partial charge on any atom is -0.493 e. The van der Waals surface area contributed by atoms with E-state index in [1.165, 1.54) is 0 Å². The van der Waals surface area contributed by atoms with E-state index >= 15 is 0 Å². The maximum absolute atomic E-state index is 6.32. The van der Waals surface area contributed by atoms with Crippen molar-refractivity contribution in [1.82, 2.24) is 9.97 Å². The molecule has 0 amide bonds. The van der Waals surface area contributed by atoms with E-state index in [-0.39, 0.29) is 0 Å². The van der Waals surface area contributed by atoms with Crippen LogP contribution in [0.1, 0.15) is 13.8 Å². The van der Waals surface area contributed by atoms with Crippen LogP contribution in [0, 0.1) is 0 Å². The highest BCUT2D eigenvalue weighted by atomic mass is 16.5. The lowest BCUT2D eigenvalue weighted by Crippen LogP contribution is -2.23. The molecule has 4 rings (SSSR count). The summed E-state index contributed by atoms with van der Waals surface area (Å²) in [6.07, 6.45) is 1.56. The minimum absolute atomic E-state index is 0.565. The van der Waals surface area contributed by atoms with Gasteiger partial charge in [-0.15, -0.1) is 0 Å². The van der Waals surface area contributed by atoms with Gasteiger partial charge in [0.25, 0.3) is 0 Å². The minimum atomic E-state index is 0.565. The average Bonchev–Trinajstić information content (AvgIpc) is 3.20. The van der Waals surface area contributed by atoms with Crippen molar-refractivity contribution in [3.8, 4) is 33.9 Å². The van der Waals surface area contributed by atoms with Gasteiger partial charge in [-0.05, 0) is 37.6 Å². The first kappa shape index (κ1) is 19.8. The molecule has 0 fully saturated rings. The number of benzene rings is 2. The zero-order valence-corrected chi connectivity index (χ0v) is 17.7. The fraction of sp³-hybridized carbons (Fsp3) is 0.250. The fourth-order valence-corrected chi connectivity index (χ4v) is 3.74. The zero-order chi connectivity index (χ0) is 21.1. The first-order valence-corrected chi connectivity index (χ1v) is 10.0. The third-order valence-electron chi connectivity index (χ3n) is 5.24. The van der Waals surface area contributed by atoms with Crippen LogP contribution in [0.25, 0.3) is 33.6 Å². The summed E-state index contributed by atoms with van der Waals surface area (Å²) in [7, 11) is 3.25. The van der Waals surface area contributed by atoms with Crippen LogP contribution in [0.2, 0.25) is 0 Å². The van der Waals surface area contributed by atoms with E-state index in [2.05, 4.69) is 40.8 Å². The third-order valence-corrected chi connectivity index (χ3v) is 5.24. The van der Waals surface area contributed by atoms with Crippen LogP contribution in [-0.4, -0.2) is 37.3 Å². The highest BCUT2D eigenvalue weighted by Gasteiger charge is 2.24. The summed E-state index contributed by atoms with van der Waals surface area (Å²) < 4.78 is 17.2. The predicted octanol–water partition coefficient (Wildman–Crippen LogP) is 5.42. The lowest BCUT2D eigenvalue weighted by atomic mass is 9.99. The molecule has 154 valence electrons. The van der Waals surface area contributed by atoms with Crippen molar-refractivity contribution in [3.05, 3.63) is 54.9 Å². The second-order valence-electron chi connectivity index (χ2n) is 6.79. The van der Waals surface area contributed by atoms with Crippen molar-refractivity contribution < 1.29 is 13.9 Å². The maximum atomic E-state index is 6.32. The van der Waals surface area contributed by atoms with Crippen molar-refractivity contribution in [2.75, 3.05) is 32.2 Å². The van der Waals surface area contributed by atoms with Gasteiger partial charge in [-0.25, -0.2) is 9.97 Å². The molecule has 2 heterocycles. The number of methoxy groups -OCH3 is 2. The molecule has 0 atom stereocenters. The van der Waals surface area contributed by atoms with Crippen LogP contribution < -0.4 is 14.4 Å². The number of hydrogen-bond donors (Lipinski definition) is 0. The summed E-state index contributed by atoms with van der Waals surface area (Å²) in [5, 5.41) is 0.914. The van der Waals surface area contributed by atoms with Gasteiger partial charge in [0.2, 0.25) is 5.71 Å². The Morgan fingerprint density at radius 2 is 1.60 bits per heavy atom. The molecule has 0 spiro atoms. The Labute approximate surface area is 176 Å². The maximum Gasteiger partial charge on any atom is 0.232 e. The molecule has 0 aliphatic rings. The van der Waals surface area contributed by atoms with Crippen LogP contribution in [0.15, 0.2) is 59.3 Å². The van der Waals surface area contributed by atoms with Crippen LogP contribution in [0.5, 0.6) is 11.5 Å². The van der Waals surface area contributed by atoms with Gasteiger partial charge in [-0.3, -0.25) is 0 Å². The SMILES string of the molecule is CCN(CC)c1ncnc2oc(-c3ccc(OC)c(OC)c3)c(-c3ccccc3)c12. The van der Waals surface area contributed by atoms with Gasteiger partial charge in [-0.2, -0.15) is 0 Å². The van der Waals surface area contributed by atoms with Crippen molar-refractivity contribution in [2.24, 2.45) is 0 Å². The summed E-state index contributed by atoms with van der Waals surface area (Å²) in [5.74, 6) is 2.91. The van der Waals surface area contributed by atoms with E-state index in [0.29, 0.717) is 17.2 Å². The standard InChI is InChI=1S/C24H25N3O3/c1-5-27(6-2)23-21-20(16-10-8-7-9-11-16)22(30-24(21)26-15-25-23)17-12-13-18(28-3)19(14-17)29-4/h7-15H,5-6H2,1-4H3. The predicted molar refractivity (Wildman–Crippen MR) is 119 cm³/mol. The van der Waals surface area contributed by atoms with Crippen molar-refractivity contribution in [1.29, 1.82) is 0 Å². The molecule has 0 unspecified atom stereocenters. The van der Waals surface area contributed by atoms with Gasteiger partial charge in [0.15, 0.2) is 11.5 Å². The molecule has 0 bridgehead atoms. The van der Waals surface area contributed by atoms with E-state index < -0.39 is 0 Å². The topological polar surface area (TPSA) is 60.6 Å². The highest BCUT2D eigenvalue weighted by Crippen LogP contribution is 2.44. The average molecular weight is 403 g/mol. The van der Waals surface area contributed by atoms with E-state index in [9.17, 15) is 0 Å². The number of aromatic nitrogens is 2. The smallest absolute Gasteiger partial charge is 0.232 e. The van der Waals surface area contributed by atoms with Gasteiger partial charge in [-0.1, -0.05) is 30.3 Å². The molecule has 30 heavy (non-hydrogen) atoms. The van der Waals surface area contributed by atoms with E-state index in [1.807, 2.05) is 36.4 Å². The molecule has 0 aliphatic heterocycles. The second kappa shape index (κ2) is 8.45. The van der Waals surface area contributed by atoms with E-state index in [1.54, 1.807) is 20.5 Å². The van der Waals surface area contributed by atoms with E-state index in [0.717, 1.165) is 46.7 Å². The molecule has 0 aliphatic carbocycles. The van der Waals surface area contributed by atoms with Crippen molar-refractivity contribution in [3.63, 3.8) is 0 Å². The lowest BCUT2D eigenvalue weighted by molar-refractivity contribution is 0.355. The van der Waals surface area contributed by atoms with Crippen LogP contribution in [0.4, 0.5) is 5.82 Å². The first-order chi connectivity index (χ1) is 14.7. The molecule has 0 N–H and O–H groups in total. The normalized spacial score (nSPS) is 10.9. The monoisotopic (exact) mass is 403 g/mol.